The van der Waals surface area contributed by atoms with Crippen LogP contribution >= 0.6 is 0 Å². The molecule has 1 atom stereocenters. The fraction of sp³-hybridized carbons (Fsp3) is 0.262. The normalized spacial score (nSPS) is 12.0. The van der Waals surface area contributed by atoms with Gasteiger partial charge in [0.25, 0.3) is 0 Å². The van der Waals surface area contributed by atoms with Crippen LogP contribution in [0.4, 0.5) is 35.9 Å². The summed E-state index contributed by atoms with van der Waals surface area (Å²) < 4.78 is 111. The van der Waals surface area contributed by atoms with Crippen LogP contribution in [0.15, 0.2) is 146 Å². The zero-order chi connectivity index (χ0) is 62.6. The highest BCUT2D eigenvalue weighted by Gasteiger charge is 2.54. The van der Waals surface area contributed by atoms with E-state index in [0.29, 0.717) is 16.7 Å². The Morgan fingerprint density at radius 2 is 0.918 bits per heavy atom. The lowest BCUT2D eigenvalue weighted by Crippen LogP contribution is -2.41. The predicted octanol–water partition coefficient (Wildman–Crippen LogP) is 13.1. The number of halogens is 6. The van der Waals surface area contributed by atoms with Crippen LogP contribution in [0.3, 0.4) is 0 Å². The Hall–Kier alpha value is -9.46. The summed E-state index contributed by atoms with van der Waals surface area (Å²) in [6.07, 6.45) is -12.8. The molecule has 14 nitrogen and oxygen atoms in total. The summed E-state index contributed by atoms with van der Waals surface area (Å²) in [6, 6.07) is 26.3. The molecule has 0 saturated heterocycles. The molecular formula is C65H60F6N2O12. The number of hydrogen-bond acceptors (Lipinski definition) is 12. The smallest absolute Gasteiger partial charge is 0.417 e. The molecule has 0 aliphatic carbocycles. The Morgan fingerprint density at radius 1 is 0.494 bits per heavy atom. The number of amides is 2. The van der Waals surface area contributed by atoms with E-state index < -0.39 is 71.2 Å². The molecule has 6 aromatic carbocycles. The number of hydrogen-bond donors (Lipinski definition) is 2. The zero-order valence-corrected chi connectivity index (χ0v) is 47.3. The van der Waals surface area contributed by atoms with Crippen LogP contribution in [0.2, 0.25) is 0 Å². The molecule has 0 aromatic heterocycles. The van der Waals surface area contributed by atoms with Gasteiger partial charge in [-0.15, -0.1) is 0 Å². The monoisotopic (exact) mass is 1170 g/mol. The summed E-state index contributed by atoms with van der Waals surface area (Å²) in [6.45, 7) is 14.6. The summed E-state index contributed by atoms with van der Waals surface area (Å²) in [5.41, 5.74) is -2.26. The molecule has 6 aromatic rings. The van der Waals surface area contributed by atoms with Gasteiger partial charge >= 0.3 is 36.5 Å². The highest BCUT2D eigenvalue weighted by atomic mass is 19.4. The van der Waals surface area contributed by atoms with Crippen LogP contribution < -0.4 is 20.1 Å². The Kier molecular flexibility index (Phi) is 21.1. The van der Waals surface area contributed by atoms with Gasteiger partial charge in [-0.1, -0.05) is 123 Å². The molecule has 0 heterocycles. The fourth-order valence-corrected chi connectivity index (χ4v) is 8.86. The second kappa shape index (κ2) is 27.7. The van der Waals surface area contributed by atoms with Gasteiger partial charge in [-0.25, -0.2) is 19.2 Å². The van der Waals surface area contributed by atoms with Crippen LogP contribution in [0.1, 0.15) is 120 Å². The van der Waals surface area contributed by atoms with Crippen molar-refractivity contribution in [2.75, 3.05) is 26.3 Å². The van der Waals surface area contributed by atoms with Crippen LogP contribution in [0, 0.1) is 13.8 Å². The molecule has 1 unspecified atom stereocenters. The molecule has 20 heteroatoms. The van der Waals surface area contributed by atoms with Gasteiger partial charge in [0, 0.05) is 64.6 Å². The van der Waals surface area contributed by atoms with E-state index >= 15 is 13.2 Å². The highest BCUT2D eigenvalue weighted by molar-refractivity contribution is 6.02. The first-order chi connectivity index (χ1) is 40.0. The van der Waals surface area contributed by atoms with Crippen molar-refractivity contribution in [1.82, 2.24) is 10.6 Å². The maximum atomic E-state index is 15.5. The van der Waals surface area contributed by atoms with Gasteiger partial charge in [0.05, 0.1) is 18.7 Å². The van der Waals surface area contributed by atoms with Crippen LogP contribution in [0.5, 0.6) is 11.5 Å². The highest BCUT2D eigenvalue weighted by Crippen LogP contribution is 2.48. The predicted molar refractivity (Wildman–Crippen MR) is 303 cm³/mol. The average Bonchev–Trinajstić information content (AvgIpc) is 1.93. The summed E-state index contributed by atoms with van der Waals surface area (Å²) in [4.78, 5) is 102. The fourth-order valence-electron chi connectivity index (χ4n) is 8.86. The molecule has 0 spiro atoms. The van der Waals surface area contributed by atoms with Crippen molar-refractivity contribution < 1.29 is 83.6 Å². The third kappa shape index (κ3) is 16.6. The molecule has 0 saturated carbocycles. The molecule has 0 radical (unpaired) electrons. The number of carbonyl (C=O) groups excluding carboxylic acids is 8. The van der Waals surface area contributed by atoms with Gasteiger partial charge in [-0.2, -0.15) is 26.3 Å². The SMILES string of the molecule is C=C(C)C(=O)OCCNC(=O)Oc1ccc(C(C)(c2ccc(OC(=O)NCCOC(=O)C(=C)C)c(CC(=O)c3ccc(C(=O)Cc4ccc(-c5ccc(CC(=O)c6ccc(C(=O)CC)cc6)cc5C(F)(F)F)c(C)c4)cc3)c2)C(F)(F)F)cc1C. The number of ether oxygens (including phenoxy) is 4. The lowest BCUT2D eigenvalue weighted by atomic mass is 9.74. The van der Waals surface area contributed by atoms with Gasteiger partial charge in [0.15, 0.2) is 23.1 Å². The van der Waals surface area contributed by atoms with Gasteiger partial charge in [-0.3, -0.25) is 19.2 Å². The number of nitrogens with one attached hydrogen (secondary N) is 2. The lowest BCUT2D eigenvalue weighted by Gasteiger charge is -2.34. The van der Waals surface area contributed by atoms with E-state index in [1.165, 1.54) is 106 Å². The van der Waals surface area contributed by atoms with E-state index in [4.69, 9.17) is 18.9 Å². The second-order valence-electron chi connectivity index (χ2n) is 20.1. The first-order valence-electron chi connectivity index (χ1n) is 26.5. The van der Waals surface area contributed by atoms with Gasteiger partial charge in [-0.05, 0) is 97.3 Å². The number of benzene rings is 6. The molecular weight excluding hydrogens is 1110 g/mol. The van der Waals surface area contributed by atoms with Gasteiger partial charge in [0.1, 0.15) is 30.1 Å². The Morgan fingerprint density at radius 3 is 1.35 bits per heavy atom. The van der Waals surface area contributed by atoms with Crippen molar-refractivity contribution in [2.45, 2.75) is 85.0 Å². The third-order valence-corrected chi connectivity index (χ3v) is 13.7. The zero-order valence-electron chi connectivity index (χ0n) is 47.3. The second-order valence-corrected chi connectivity index (χ2v) is 20.1. The first kappa shape index (κ1) is 64.7. The maximum Gasteiger partial charge on any atom is 0.417 e. The van der Waals surface area contributed by atoms with E-state index in [2.05, 4.69) is 23.8 Å². The van der Waals surface area contributed by atoms with Crippen molar-refractivity contribution in [1.29, 1.82) is 0 Å². The molecule has 0 aliphatic heterocycles. The molecule has 0 fully saturated rings. The van der Waals surface area contributed by atoms with Crippen molar-refractivity contribution in [3.05, 3.63) is 212 Å². The molecule has 0 bridgehead atoms. The number of Topliss-reactive ketones (excluding diaryl/α,β-unsaturated/α-hetero) is 4. The van der Waals surface area contributed by atoms with Crippen molar-refractivity contribution >= 4 is 47.3 Å². The van der Waals surface area contributed by atoms with E-state index in [1.54, 1.807) is 19.9 Å². The molecule has 85 heavy (non-hydrogen) atoms. The van der Waals surface area contributed by atoms with E-state index in [0.717, 1.165) is 37.3 Å². The van der Waals surface area contributed by atoms with Crippen molar-refractivity contribution in [3.8, 4) is 22.6 Å². The number of ketones is 4. The number of aryl methyl sites for hydroxylation is 2. The Balaban J connectivity index is 1.20. The standard InChI is InChI=1S/C65H60F6N2O12/c1-9-53(74)43-12-14-44(15-13-43)55(76)34-42-11-23-51(52(32-42)64(66,67)68)50-22-10-41(30-39(50)6)33-54(75)45-16-18-46(19-17-45)56(77)36-47-35-49(21-25-58(47)85-62(81)73-27-29-83-60(79)38(4)5)63(8,65(69,70)71)48-20-24-57(40(7)31-48)84-61(80)72-26-28-82-59(78)37(2)3/h10-25,30-32,35H,2,4,9,26-29,33-34,36H2,1,3,5-8H3,(H,72,80)(H,73,81). The van der Waals surface area contributed by atoms with E-state index in [9.17, 15) is 51.5 Å². The summed E-state index contributed by atoms with van der Waals surface area (Å²) >= 11 is 0. The molecule has 2 N–H and O–H groups in total. The summed E-state index contributed by atoms with van der Waals surface area (Å²) in [5.74, 6) is -3.40. The van der Waals surface area contributed by atoms with E-state index in [1.807, 2.05) is 0 Å². The molecule has 0 aliphatic rings. The van der Waals surface area contributed by atoms with Crippen LogP contribution in [0.25, 0.3) is 11.1 Å². The minimum atomic E-state index is -5.01. The largest absolute Gasteiger partial charge is 0.460 e. The summed E-state index contributed by atoms with van der Waals surface area (Å²) in [7, 11) is 0. The quantitative estimate of drug-likeness (QED) is 0.0191. The van der Waals surface area contributed by atoms with Crippen molar-refractivity contribution in [2.24, 2.45) is 0 Å². The molecule has 444 valence electrons. The minimum Gasteiger partial charge on any atom is -0.460 e. The number of alkyl halides is 6. The third-order valence-electron chi connectivity index (χ3n) is 13.7. The Labute approximate surface area is 486 Å². The topological polar surface area (TPSA) is 198 Å². The number of esters is 2. The van der Waals surface area contributed by atoms with Crippen LogP contribution in [-0.2, 0) is 49.9 Å². The number of carbonyl (C=O) groups is 8. The average molecular weight is 1180 g/mol. The maximum absolute atomic E-state index is 15.5. The Bertz CT molecular complexity index is 3590. The van der Waals surface area contributed by atoms with Gasteiger partial charge < -0.3 is 29.6 Å². The molecule has 6 rings (SSSR count). The molecule has 2 amide bonds. The number of rotatable bonds is 24. The first-order valence-corrected chi connectivity index (χ1v) is 26.5. The van der Waals surface area contributed by atoms with Gasteiger partial charge in [0.2, 0.25) is 0 Å². The summed E-state index contributed by atoms with van der Waals surface area (Å²) in [5, 5.41) is 4.74. The van der Waals surface area contributed by atoms with Crippen molar-refractivity contribution in [3.63, 3.8) is 0 Å². The minimum absolute atomic E-state index is 0.0215. The van der Waals surface area contributed by atoms with Crippen LogP contribution in [-0.4, -0.2) is 79.7 Å². The van der Waals surface area contributed by atoms with E-state index in [-0.39, 0.29) is 130 Å². The lowest BCUT2D eigenvalue weighted by molar-refractivity contribution is -0.173.